The van der Waals surface area contributed by atoms with Crippen molar-refractivity contribution in [3.63, 3.8) is 0 Å². The number of carbonyl (C=O) groups excluding carboxylic acids is 1. The van der Waals surface area contributed by atoms with E-state index in [0.29, 0.717) is 13.0 Å². The lowest BCUT2D eigenvalue weighted by Gasteiger charge is -2.36. The molecule has 0 radical (unpaired) electrons. The van der Waals surface area contributed by atoms with E-state index in [1.165, 1.54) is 11.1 Å². The Kier molecular flexibility index (Phi) is 3.30. The van der Waals surface area contributed by atoms with Gasteiger partial charge in [0.25, 0.3) is 0 Å². The third-order valence-corrected chi connectivity index (χ3v) is 4.23. The van der Waals surface area contributed by atoms with Crippen LogP contribution in [0.1, 0.15) is 37.5 Å². The van der Waals surface area contributed by atoms with Crippen molar-refractivity contribution in [2.45, 2.75) is 38.3 Å². The van der Waals surface area contributed by atoms with Gasteiger partial charge < -0.3 is 15.0 Å². The van der Waals surface area contributed by atoms with Crippen molar-refractivity contribution < 1.29 is 9.53 Å². The molecule has 20 heavy (non-hydrogen) atoms. The molecule has 0 bridgehead atoms. The lowest BCUT2D eigenvalue weighted by molar-refractivity contribution is -0.118. The predicted molar refractivity (Wildman–Crippen MR) is 78.9 cm³/mol. The minimum Gasteiger partial charge on any atom is -0.370 e. The summed E-state index contributed by atoms with van der Waals surface area (Å²) in [6.07, 6.45) is 1.54. The number of aryl methyl sites for hydroxylation is 1. The van der Waals surface area contributed by atoms with E-state index in [1.807, 2.05) is 13.1 Å². The SMILES string of the molecule is CN1C(=O)CCc2cc(C3CNC(C)(C)CO3)ccc21. The largest absolute Gasteiger partial charge is 0.370 e. The zero-order valence-electron chi connectivity index (χ0n) is 12.4. The molecule has 1 fully saturated rings. The Bertz CT molecular complexity index is 529. The fourth-order valence-electron chi connectivity index (χ4n) is 2.88. The Balaban J connectivity index is 1.81. The Morgan fingerprint density at radius 1 is 1.35 bits per heavy atom. The van der Waals surface area contributed by atoms with Crippen LogP contribution in [0.3, 0.4) is 0 Å². The summed E-state index contributed by atoms with van der Waals surface area (Å²) in [5.74, 6) is 0.197. The van der Waals surface area contributed by atoms with Crippen LogP contribution in [0.15, 0.2) is 18.2 Å². The number of hydrogen-bond acceptors (Lipinski definition) is 3. The molecular weight excluding hydrogens is 252 g/mol. The van der Waals surface area contributed by atoms with E-state index in [0.717, 1.165) is 18.7 Å². The van der Waals surface area contributed by atoms with E-state index in [-0.39, 0.29) is 17.6 Å². The van der Waals surface area contributed by atoms with Gasteiger partial charge in [-0.1, -0.05) is 12.1 Å². The van der Waals surface area contributed by atoms with Crippen molar-refractivity contribution in [3.8, 4) is 0 Å². The van der Waals surface area contributed by atoms with E-state index < -0.39 is 0 Å². The quantitative estimate of drug-likeness (QED) is 0.852. The summed E-state index contributed by atoms with van der Waals surface area (Å²) in [5.41, 5.74) is 3.54. The molecule has 1 saturated heterocycles. The highest BCUT2D eigenvalue weighted by Crippen LogP contribution is 2.31. The molecule has 108 valence electrons. The van der Waals surface area contributed by atoms with Gasteiger partial charge in [-0.25, -0.2) is 0 Å². The van der Waals surface area contributed by atoms with Crippen LogP contribution in [0.5, 0.6) is 0 Å². The first-order valence-electron chi connectivity index (χ1n) is 7.22. The molecule has 4 nitrogen and oxygen atoms in total. The molecule has 0 spiro atoms. The molecule has 1 aromatic carbocycles. The van der Waals surface area contributed by atoms with E-state index in [9.17, 15) is 4.79 Å². The standard InChI is InChI=1S/C16H22N2O2/c1-16(2)10-20-14(9-17-16)12-4-6-13-11(8-12)5-7-15(19)18(13)3/h4,6,8,14,17H,5,7,9-10H2,1-3H3. The topological polar surface area (TPSA) is 41.6 Å². The maximum Gasteiger partial charge on any atom is 0.227 e. The highest BCUT2D eigenvalue weighted by Gasteiger charge is 2.28. The summed E-state index contributed by atoms with van der Waals surface area (Å²) in [4.78, 5) is 13.5. The summed E-state index contributed by atoms with van der Waals surface area (Å²) in [5, 5.41) is 3.51. The predicted octanol–water partition coefficient (Wildman–Crippen LogP) is 2.04. The second-order valence-electron chi connectivity index (χ2n) is 6.41. The minimum atomic E-state index is 0.0529. The van der Waals surface area contributed by atoms with Gasteiger partial charge in [-0.15, -0.1) is 0 Å². The van der Waals surface area contributed by atoms with E-state index >= 15 is 0 Å². The van der Waals surface area contributed by atoms with Crippen LogP contribution in [-0.2, 0) is 16.0 Å². The average molecular weight is 274 g/mol. The van der Waals surface area contributed by atoms with E-state index in [4.69, 9.17) is 4.74 Å². The van der Waals surface area contributed by atoms with Gasteiger partial charge in [0.15, 0.2) is 0 Å². The number of fused-ring (bicyclic) bond motifs is 1. The van der Waals surface area contributed by atoms with E-state index in [1.54, 1.807) is 4.90 Å². The number of anilines is 1. The molecule has 1 N–H and O–H groups in total. The molecule has 2 aliphatic heterocycles. The Labute approximate surface area is 120 Å². The van der Waals surface area contributed by atoms with Gasteiger partial charge in [-0.3, -0.25) is 4.79 Å². The highest BCUT2D eigenvalue weighted by atomic mass is 16.5. The summed E-state index contributed by atoms with van der Waals surface area (Å²) < 4.78 is 5.98. The molecule has 0 aromatic heterocycles. The normalized spacial score (nSPS) is 25.4. The van der Waals surface area contributed by atoms with Crippen LogP contribution < -0.4 is 10.2 Å². The molecule has 2 aliphatic rings. The number of carbonyl (C=O) groups is 1. The fourth-order valence-corrected chi connectivity index (χ4v) is 2.88. The van der Waals surface area contributed by atoms with Crippen LogP contribution in [0.25, 0.3) is 0 Å². The van der Waals surface area contributed by atoms with Gasteiger partial charge in [-0.2, -0.15) is 0 Å². The van der Waals surface area contributed by atoms with Crippen LogP contribution in [0.4, 0.5) is 5.69 Å². The van der Waals surface area contributed by atoms with Gasteiger partial charge in [0.05, 0.1) is 12.7 Å². The first kappa shape index (κ1) is 13.6. The monoisotopic (exact) mass is 274 g/mol. The molecule has 4 heteroatoms. The fraction of sp³-hybridized carbons (Fsp3) is 0.562. The smallest absolute Gasteiger partial charge is 0.227 e. The maximum atomic E-state index is 11.7. The van der Waals surface area contributed by atoms with Crippen LogP contribution in [0, 0.1) is 0 Å². The van der Waals surface area contributed by atoms with Gasteiger partial charge in [-0.05, 0) is 37.5 Å². The zero-order valence-corrected chi connectivity index (χ0v) is 12.4. The second-order valence-corrected chi connectivity index (χ2v) is 6.41. The van der Waals surface area contributed by atoms with Gasteiger partial charge in [0.1, 0.15) is 0 Å². The van der Waals surface area contributed by atoms with Gasteiger partial charge in [0, 0.05) is 31.2 Å². The van der Waals surface area contributed by atoms with Gasteiger partial charge >= 0.3 is 0 Å². The van der Waals surface area contributed by atoms with Crippen molar-refractivity contribution in [2.75, 3.05) is 25.1 Å². The third kappa shape index (κ3) is 2.45. The summed E-state index contributed by atoms with van der Waals surface area (Å²) in [7, 11) is 1.85. The number of hydrogen-bond donors (Lipinski definition) is 1. The molecule has 1 atom stereocenters. The second kappa shape index (κ2) is 4.86. The highest BCUT2D eigenvalue weighted by molar-refractivity contribution is 5.95. The van der Waals surface area contributed by atoms with Crippen LogP contribution in [0.2, 0.25) is 0 Å². The maximum absolute atomic E-state index is 11.7. The van der Waals surface area contributed by atoms with Crippen molar-refractivity contribution in [1.29, 1.82) is 0 Å². The summed E-state index contributed by atoms with van der Waals surface area (Å²) in [6.45, 7) is 5.85. The molecule has 1 unspecified atom stereocenters. The first-order valence-corrected chi connectivity index (χ1v) is 7.22. The molecule has 3 rings (SSSR count). The molecule has 0 aliphatic carbocycles. The van der Waals surface area contributed by atoms with Crippen LogP contribution in [-0.4, -0.2) is 31.6 Å². The number of rotatable bonds is 1. The number of nitrogens with one attached hydrogen (secondary N) is 1. The number of benzene rings is 1. The van der Waals surface area contributed by atoms with E-state index in [2.05, 4.69) is 31.3 Å². The average Bonchev–Trinajstić information content (AvgIpc) is 2.43. The molecule has 1 amide bonds. The minimum absolute atomic E-state index is 0.0529. The Morgan fingerprint density at radius 3 is 2.85 bits per heavy atom. The number of ether oxygens (including phenoxy) is 1. The molecular formula is C16H22N2O2. The third-order valence-electron chi connectivity index (χ3n) is 4.23. The first-order chi connectivity index (χ1) is 9.46. The number of amides is 1. The van der Waals surface area contributed by atoms with Crippen molar-refractivity contribution in [3.05, 3.63) is 29.3 Å². The molecule has 2 heterocycles. The zero-order chi connectivity index (χ0) is 14.3. The van der Waals surface area contributed by atoms with Crippen molar-refractivity contribution in [2.24, 2.45) is 0 Å². The van der Waals surface area contributed by atoms with Crippen molar-refractivity contribution in [1.82, 2.24) is 5.32 Å². The lowest BCUT2D eigenvalue weighted by Crippen LogP contribution is -2.50. The van der Waals surface area contributed by atoms with Crippen LogP contribution >= 0.6 is 0 Å². The van der Waals surface area contributed by atoms with Gasteiger partial charge in [0.2, 0.25) is 5.91 Å². The Hall–Kier alpha value is -1.39. The molecule has 0 saturated carbocycles. The summed E-state index contributed by atoms with van der Waals surface area (Å²) in [6, 6.07) is 6.33. The Morgan fingerprint density at radius 2 is 2.15 bits per heavy atom. The lowest BCUT2D eigenvalue weighted by atomic mass is 9.95. The number of morpholine rings is 1. The molecule has 1 aromatic rings. The van der Waals surface area contributed by atoms with Crippen molar-refractivity contribution >= 4 is 11.6 Å². The summed E-state index contributed by atoms with van der Waals surface area (Å²) >= 11 is 0. The number of nitrogens with zero attached hydrogens (tertiary/aromatic N) is 1.